The van der Waals surface area contributed by atoms with E-state index in [4.69, 9.17) is 33.2 Å². The molecule has 3 aromatic carbocycles. The Morgan fingerprint density at radius 2 is 1.38 bits per heavy atom. The van der Waals surface area contributed by atoms with Crippen LogP contribution >= 0.6 is 0 Å². The molecule has 1 atom stereocenters. The van der Waals surface area contributed by atoms with E-state index in [-0.39, 0.29) is 18.6 Å². The highest BCUT2D eigenvalue weighted by Crippen LogP contribution is 2.40. The van der Waals surface area contributed by atoms with E-state index in [1.54, 1.807) is 66.9 Å². The minimum atomic E-state index is -0.359. The average molecular weight is 550 g/mol. The fraction of sp³-hybridized carbons (Fsp3) is 0.323. The van der Waals surface area contributed by atoms with Gasteiger partial charge in [0.25, 0.3) is 0 Å². The summed E-state index contributed by atoms with van der Waals surface area (Å²) in [6.07, 6.45) is 3.95. The molecule has 0 aliphatic carbocycles. The van der Waals surface area contributed by atoms with Crippen LogP contribution in [0.2, 0.25) is 0 Å². The third-order valence-electron chi connectivity index (χ3n) is 6.86. The van der Waals surface area contributed by atoms with Gasteiger partial charge < -0.3 is 38.1 Å². The van der Waals surface area contributed by atoms with Gasteiger partial charge in [0, 0.05) is 12.6 Å². The van der Waals surface area contributed by atoms with Gasteiger partial charge in [-0.1, -0.05) is 0 Å². The molecule has 1 aliphatic heterocycles. The van der Waals surface area contributed by atoms with Crippen molar-refractivity contribution in [3.8, 4) is 40.2 Å². The standard InChI is InChI=1S/C31H35NO8/c1-34-22-8-10-23(11-9-22)40-19-25-24-18-27(36-3)26(35-2)17-21(24)13-14-32(25)30(33)12-7-20-15-28(37-4)31(39-6)29(16-20)38-5/h7-12,15-18,25H,13-14,19H2,1-6H3/b12-7+. The highest BCUT2D eigenvalue weighted by atomic mass is 16.5. The SMILES string of the molecule is COc1ccc(OCC2c3cc(OC)c(OC)cc3CCN2C(=O)/C=C/c2cc(OC)c(OC)c(OC)c2)cc1. The first kappa shape index (κ1) is 28.5. The molecule has 0 radical (unpaired) electrons. The van der Waals surface area contributed by atoms with E-state index in [0.717, 1.165) is 22.4 Å². The van der Waals surface area contributed by atoms with E-state index in [1.807, 2.05) is 41.3 Å². The predicted octanol–water partition coefficient (Wildman–Crippen LogP) is 4.96. The first-order valence-corrected chi connectivity index (χ1v) is 12.8. The molecular formula is C31H35NO8. The monoisotopic (exact) mass is 549 g/mol. The number of rotatable bonds is 11. The predicted molar refractivity (Wildman–Crippen MR) is 151 cm³/mol. The third kappa shape index (κ3) is 6.03. The Bertz CT molecular complexity index is 1330. The maximum Gasteiger partial charge on any atom is 0.247 e. The van der Waals surface area contributed by atoms with Crippen LogP contribution in [-0.2, 0) is 11.2 Å². The number of carbonyl (C=O) groups excluding carboxylic acids is 1. The van der Waals surface area contributed by atoms with Crippen molar-refractivity contribution in [3.05, 3.63) is 71.3 Å². The Morgan fingerprint density at radius 3 is 1.95 bits per heavy atom. The lowest BCUT2D eigenvalue weighted by Crippen LogP contribution is -2.41. The summed E-state index contributed by atoms with van der Waals surface area (Å²) in [5.74, 6) is 4.00. The Labute approximate surface area is 234 Å². The van der Waals surface area contributed by atoms with Crippen molar-refractivity contribution in [2.45, 2.75) is 12.5 Å². The summed E-state index contributed by atoms with van der Waals surface area (Å²) in [6.45, 7) is 0.760. The van der Waals surface area contributed by atoms with Gasteiger partial charge in [0.1, 0.15) is 18.1 Å². The van der Waals surface area contributed by atoms with Crippen LogP contribution in [0.3, 0.4) is 0 Å². The molecule has 1 heterocycles. The van der Waals surface area contributed by atoms with Gasteiger partial charge in [-0.15, -0.1) is 0 Å². The second-order valence-electron chi connectivity index (χ2n) is 8.98. The van der Waals surface area contributed by atoms with Crippen LogP contribution in [-0.4, -0.2) is 66.6 Å². The first-order chi connectivity index (χ1) is 19.5. The van der Waals surface area contributed by atoms with E-state index in [9.17, 15) is 4.79 Å². The average Bonchev–Trinajstić information content (AvgIpc) is 3.01. The van der Waals surface area contributed by atoms with Gasteiger partial charge in [-0.25, -0.2) is 0 Å². The van der Waals surface area contributed by atoms with E-state index in [1.165, 1.54) is 0 Å². The maximum absolute atomic E-state index is 13.6. The molecule has 212 valence electrons. The number of fused-ring (bicyclic) bond motifs is 1. The molecule has 4 rings (SSSR count). The number of hydrogen-bond acceptors (Lipinski definition) is 8. The van der Waals surface area contributed by atoms with Gasteiger partial charge in [0.15, 0.2) is 23.0 Å². The Hall–Kier alpha value is -4.53. The molecule has 0 N–H and O–H groups in total. The Kier molecular flexibility index (Phi) is 9.27. The number of nitrogens with zero attached hydrogens (tertiary/aromatic N) is 1. The molecule has 1 unspecified atom stereocenters. The Morgan fingerprint density at radius 1 is 0.775 bits per heavy atom. The summed E-state index contributed by atoms with van der Waals surface area (Å²) in [5.41, 5.74) is 2.77. The third-order valence-corrected chi connectivity index (χ3v) is 6.86. The van der Waals surface area contributed by atoms with Gasteiger partial charge in [-0.3, -0.25) is 4.79 Å². The van der Waals surface area contributed by atoms with E-state index >= 15 is 0 Å². The molecule has 40 heavy (non-hydrogen) atoms. The fourth-order valence-corrected chi connectivity index (χ4v) is 4.78. The summed E-state index contributed by atoms with van der Waals surface area (Å²) in [4.78, 5) is 15.4. The number of carbonyl (C=O) groups is 1. The summed E-state index contributed by atoms with van der Waals surface area (Å²) in [6, 6.07) is 14.5. The van der Waals surface area contributed by atoms with Gasteiger partial charge in [0.05, 0.1) is 48.7 Å². The van der Waals surface area contributed by atoms with Crippen molar-refractivity contribution >= 4 is 12.0 Å². The van der Waals surface area contributed by atoms with Gasteiger partial charge in [0.2, 0.25) is 11.7 Å². The summed E-state index contributed by atoms with van der Waals surface area (Å²) < 4.78 is 38.8. The van der Waals surface area contributed by atoms with E-state index in [0.29, 0.717) is 47.5 Å². The lowest BCUT2D eigenvalue weighted by molar-refractivity contribution is -0.129. The first-order valence-electron chi connectivity index (χ1n) is 12.8. The number of ether oxygens (including phenoxy) is 7. The second kappa shape index (κ2) is 13.0. The molecule has 0 aromatic heterocycles. The summed E-state index contributed by atoms with van der Waals surface area (Å²) >= 11 is 0. The van der Waals surface area contributed by atoms with Crippen LogP contribution in [0.5, 0.6) is 40.2 Å². The van der Waals surface area contributed by atoms with Crippen LogP contribution in [0, 0.1) is 0 Å². The van der Waals surface area contributed by atoms with Crippen molar-refractivity contribution in [1.29, 1.82) is 0 Å². The molecule has 9 nitrogen and oxygen atoms in total. The largest absolute Gasteiger partial charge is 0.497 e. The van der Waals surface area contributed by atoms with Crippen molar-refractivity contribution in [2.24, 2.45) is 0 Å². The van der Waals surface area contributed by atoms with Gasteiger partial charge in [-0.05, 0) is 77.7 Å². The molecule has 9 heteroatoms. The quantitative estimate of drug-likeness (QED) is 0.311. The smallest absolute Gasteiger partial charge is 0.247 e. The lowest BCUT2D eigenvalue weighted by atomic mass is 9.92. The minimum Gasteiger partial charge on any atom is -0.497 e. The van der Waals surface area contributed by atoms with Crippen molar-refractivity contribution in [2.75, 3.05) is 55.8 Å². The number of amides is 1. The molecule has 1 aliphatic rings. The van der Waals surface area contributed by atoms with Crippen molar-refractivity contribution < 1.29 is 38.0 Å². The van der Waals surface area contributed by atoms with Crippen LogP contribution < -0.4 is 33.2 Å². The highest BCUT2D eigenvalue weighted by Gasteiger charge is 2.32. The normalized spacial score (nSPS) is 14.3. The zero-order chi connectivity index (χ0) is 28.6. The zero-order valence-electron chi connectivity index (χ0n) is 23.7. The number of benzene rings is 3. The minimum absolute atomic E-state index is 0.155. The molecule has 1 amide bonds. The van der Waals surface area contributed by atoms with E-state index < -0.39 is 0 Å². The fourth-order valence-electron chi connectivity index (χ4n) is 4.78. The second-order valence-corrected chi connectivity index (χ2v) is 8.98. The molecule has 0 spiro atoms. The van der Waals surface area contributed by atoms with Crippen LogP contribution in [0.1, 0.15) is 22.7 Å². The number of hydrogen-bond donors (Lipinski definition) is 0. The summed E-state index contributed by atoms with van der Waals surface area (Å²) in [7, 11) is 9.48. The Balaban J connectivity index is 1.64. The van der Waals surface area contributed by atoms with Crippen LogP contribution in [0.25, 0.3) is 6.08 Å². The van der Waals surface area contributed by atoms with E-state index in [2.05, 4.69) is 0 Å². The van der Waals surface area contributed by atoms with Crippen LogP contribution in [0.15, 0.2) is 54.6 Å². The van der Waals surface area contributed by atoms with Crippen LogP contribution in [0.4, 0.5) is 0 Å². The zero-order valence-corrected chi connectivity index (χ0v) is 23.7. The number of methoxy groups -OCH3 is 6. The highest BCUT2D eigenvalue weighted by molar-refractivity contribution is 5.92. The molecule has 0 bridgehead atoms. The maximum atomic E-state index is 13.6. The molecule has 0 saturated heterocycles. The topological polar surface area (TPSA) is 84.9 Å². The van der Waals surface area contributed by atoms with Crippen molar-refractivity contribution in [3.63, 3.8) is 0 Å². The van der Waals surface area contributed by atoms with Gasteiger partial charge in [-0.2, -0.15) is 0 Å². The molecule has 3 aromatic rings. The van der Waals surface area contributed by atoms with Gasteiger partial charge >= 0.3 is 0 Å². The van der Waals surface area contributed by atoms with Crippen molar-refractivity contribution in [1.82, 2.24) is 4.90 Å². The molecule has 0 saturated carbocycles. The molecule has 0 fully saturated rings. The molecular weight excluding hydrogens is 514 g/mol. The lowest BCUT2D eigenvalue weighted by Gasteiger charge is -2.37. The summed E-state index contributed by atoms with van der Waals surface area (Å²) in [5, 5.41) is 0.